The monoisotopic (exact) mass is 1050 g/mol. The van der Waals surface area contributed by atoms with Crippen LogP contribution in [0, 0.1) is 13.0 Å². The van der Waals surface area contributed by atoms with Crippen molar-refractivity contribution in [1.29, 1.82) is 0 Å². The zero-order chi connectivity index (χ0) is 53.1. The van der Waals surface area contributed by atoms with Gasteiger partial charge in [0.1, 0.15) is 11.6 Å². The largest absolute Gasteiger partial charge is 0.507 e. The van der Waals surface area contributed by atoms with Crippen LogP contribution in [0.1, 0.15) is 102 Å². The minimum absolute atomic E-state index is 0. The predicted molar refractivity (Wildman–Crippen MR) is 273 cm³/mol. The van der Waals surface area contributed by atoms with E-state index in [4.69, 9.17) is 22.3 Å². The molecule has 1 atom stereocenters. The molecule has 9 aromatic rings. The molecule has 334 valence electrons. The molecule has 1 unspecified atom stereocenters. The van der Waals surface area contributed by atoms with Crippen molar-refractivity contribution >= 4 is 11.0 Å². The summed E-state index contributed by atoms with van der Waals surface area (Å²) in [5.74, 6) is 1.06. The number of phenols is 1. The predicted octanol–water partition coefficient (Wildman–Crippen LogP) is 16.3. The van der Waals surface area contributed by atoms with Gasteiger partial charge in [0.25, 0.3) is 0 Å². The van der Waals surface area contributed by atoms with Crippen molar-refractivity contribution in [2.45, 2.75) is 85.3 Å². The molecule has 0 aliphatic carbocycles. The number of aromatic hydroxyl groups is 1. The van der Waals surface area contributed by atoms with E-state index in [1.807, 2.05) is 85.8 Å². The number of aryl methyl sites for hydroxylation is 1. The smallest absolute Gasteiger partial charge is 0.148 e. The Kier molecular flexibility index (Phi) is 10.0. The van der Waals surface area contributed by atoms with Gasteiger partial charge in [-0.05, 0) is 105 Å². The molecule has 2 aromatic heterocycles. The van der Waals surface area contributed by atoms with Crippen molar-refractivity contribution in [3.63, 3.8) is 0 Å². The Balaban J connectivity index is 0.00000747. The van der Waals surface area contributed by atoms with Crippen LogP contribution in [0.5, 0.6) is 5.75 Å². The molecule has 9 rings (SSSR count). The van der Waals surface area contributed by atoms with Crippen LogP contribution in [0.3, 0.4) is 0 Å². The number of nitrogens with zero attached hydrogens (tertiary/aromatic N) is 3. The van der Waals surface area contributed by atoms with E-state index in [-0.39, 0.29) is 37.8 Å². The van der Waals surface area contributed by atoms with Gasteiger partial charge in [-0.2, -0.15) is 0 Å². The van der Waals surface area contributed by atoms with Crippen LogP contribution in [-0.2, 0) is 31.9 Å². The van der Waals surface area contributed by atoms with E-state index in [9.17, 15) is 5.11 Å². The second-order valence-electron chi connectivity index (χ2n) is 18.2. The van der Waals surface area contributed by atoms with Crippen molar-refractivity contribution < 1.29 is 38.5 Å². The molecule has 0 saturated carbocycles. The number of aromatic nitrogens is 3. The number of hydrogen-bond acceptors (Lipinski definition) is 3. The molecule has 0 radical (unpaired) electrons. The first-order chi connectivity index (χ1) is 34.9. The number of para-hydroxylation sites is 1. The first-order valence-electron chi connectivity index (χ1n) is 26.7. The van der Waals surface area contributed by atoms with Gasteiger partial charge in [0.05, 0.1) is 22.3 Å². The maximum absolute atomic E-state index is 12.1. The van der Waals surface area contributed by atoms with E-state index in [1.54, 1.807) is 24.4 Å². The summed E-state index contributed by atoms with van der Waals surface area (Å²) in [7, 11) is 0. The summed E-state index contributed by atoms with van der Waals surface area (Å²) in [5, 5.41) is 12.1. The van der Waals surface area contributed by atoms with Gasteiger partial charge in [0.15, 0.2) is 0 Å². The molecular weight excluding hydrogens is 986 g/mol. The van der Waals surface area contributed by atoms with Crippen LogP contribution < -0.4 is 0 Å². The normalized spacial score (nSPS) is 14.8. The van der Waals surface area contributed by atoms with Crippen LogP contribution >= 0.6 is 0 Å². The second-order valence-corrected chi connectivity index (χ2v) is 18.2. The number of rotatable bonds is 9. The zero-order valence-corrected chi connectivity index (χ0v) is 40.3. The molecule has 2 heterocycles. The molecule has 0 aliphatic heterocycles. The van der Waals surface area contributed by atoms with Gasteiger partial charge in [0, 0.05) is 50.9 Å². The van der Waals surface area contributed by atoms with E-state index in [0.717, 1.165) is 62.1 Å². The van der Waals surface area contributed by atoms with E-state index in [0.29, 0.717) is 45.2 Å². The van der Waals surface area contributed by atoms with Crippen molar-refractivity contribution in [1.82, 2.24) is 14.5 Å². The molecule has 0 fully saturated rings. The number of imidazole rings is 1. The van der Waals surface area contributed by atoms with E-state index in [1.165, 1.54) is 17.7 Å². The van der Waals surface area contributed by atoms with Crippen LogP contribution in [0.15, 0.2) is 164 Å². The van der Waals surface area contributed by atoms with Gasteiger partial charge in [-0.1, -0.05) is 187 Å². The third kappa shape index (κ3) is 9.09. The minimum atomic E-state index is -3.38. The molecule has 1 N–H and O–H groups in total. The molecule has 4 nitrogen and oxygen atoms in total. The second kappa shape index (κ2) is 18.5. The maximum atomic E-state index is 12.1. The van der Waals surface area contributed by atoms with E-state index < -0.39 is 26.0 Å². The van der Waals surface area contributed by atoms with Crippen molar-refractivity contribution in [3.05, 3.63) is 192 Å². The summed E-state index contributed by atoms with van der Waals surface area (Å²) < 4.78 is 76.1. The van der Waals surface area contributed by atoms with E-state index >= 15 is 0 Å². The van der Waals surface area contributed by atoms with Gasteiger partial charge in [0.2, 0.25) is 0 Å². The number of phenolic OH excluding ortho intramolecular Hbond substituents is 1. The van der Waals surface area contributed by atoms with Gasteiger partial charge in [-0.25, -0.2) is 4.98 Å². The summed E-state index contributed by atoms with van der Waals surface area (Å²) in [4.78, 5) is 10.4. The van der Waals surface area contributed by atoms with Crippen molar-refractivity contribution in [3.8, 4) is 78.6 Å². The van der Waals surface area contributed by atoms with E-state index in [2.05, 4.69) is 93.8 Å². The number of fused-ring (bicyclic) bond motifs is 1. The fourth-order valence-corrected chi connectivity index (χ4v) is 8.58. The number of pyridine rings is 1. The van der Waals surface area contributed by atoms with Crippen molar-refractivity contribution in [2.75, 3.05) is 0 Å². The summed E-state index contributed by atoms with van der Waals surface area (Å²) in [6.45, 7) is 2.73. The Labute approximate surface area is 418 Å². The molecule has 0 amide bonds. The van der Waals surface area contributed by atoms with Gasteiger partial charge in [-0.15, -0.1) is 23.8 Å². The fraction of sp³-hybridized carbons (Fsp3) is 0.213. The first-order valence-corrected chi connectivity index (χ1v) is 22.2. The Morgan fingerprint density at radius 2 is 1.32 bits per heavy atom. The Hall–Kier alpha value is -6.35. The Morgan fingerprint density at radius 3 is 2.00 bits per heavy atom. The van der Waals surface area contributed by atoms with Crippen molar-refractivity contribution in [2.24, 2.45) is 0 Å². The number of benzene rings is 7. The number of hydrogen-bond donors (Lipinski definition) is 1. The van der Waals surface area contributed by atoms with Crippen LogP contribution in [0.25, 0.3) is 83.9 Å². The summed E-state index contributed by atoms with van der Waals surface area (Å²) in [5.41, 5.74) is 10.4. The van der Waals surface area contributed by atoms with Crippen LogP contribution in [0.4, 0.5) is 0 Å². The molecule has 0 bridgehead atoms. The average Bonchev–Trinajstić information content (AvgIpc) is 3.75. The SMILES string of the molecule is [2H]C([2H])([2H])C(c1ccc(-c2ccnc(-c3[c-]c(-c4cccc5c4nc(-c4cc(C(C)(C)C)cc(C)c4O)n5-c4ccc(C(C)CC)cc4-c4ccccc4)cc(-c4ccccc4)c3)c2)cc1)(C([2H])([2H])[2H])C([2H])([2H])[2H].[Pt]. The molecule has 0 aliphatic rings. The minimum Gasteiger partial charge on any atom is -0.507 e. The average molecular weight is 1050 g/mol. The standard InChI is InChI=1S/C61H58N3O.Pt/c1-10-39(2)44-26-29-55(52(36-44)43-20-15-12-16-21-43)64-56-23-17-22-51(57(56)63-59(64)53-38-50(61(7,8)9)32-40(3)58(53)65)47-33-46(41-18-13-11-14-19-41)34-48(35-47)54-37-45(30-31-62-54)42-24-27-49(28-25-42)60(4,5)6;/h11-34,36-39,65H,10H2,1-9H3;/q-1;/i4D3,5D3,6D3;. The Bertz CT molecular complexity index is 3490. The quantitative estimate of drug-likeness (QED) is 0.147. The van der Waals surface area contributed by atoms with Crippen LogP contribution in [-0.4, -0.2) is 19.6 Å². The molecule has 66 heavy (non-hydrogen) atoms. The van der Waals surface area contributed by atoms with Gasteiger partial charge >= 0.3 is 0 Å². The molecular formula is C61H58N3OPt-. The molecule has 5 heteroatoms. The molecule has 7 aromatic carbocycles. The summed E-state index contributed by atoms with van der Waals surface area (Å²) in [6, 6.07) is 54.5. The fourth-order valence-electron chi connectivity index (χ4n) is 8.58. The summed E-state index contributed by atoms with van der Waals surface area (Å²) in [6.07, 6.45) is 2.64. The maximum Gasteiger partial charge on any atom is 0.148 e. The Morgan fingerprint density at radius 1 is 0.636 bits per heavy atom. The first kappa shape index (κ1) is 35.9. The molecule has 0 saturated heterocycles. The third-order valence-electron chi connectivity index (χ3n) is 12.6. The van der Waals surface area contributed by atoms with Crippen LogP contribution in [0.2, 0.25) is 0 Å². The molecule has 0 spiro atoms. The van der Waals surface area contributed by atoms with Gasteiger partial charge < -0.3 is 5.11 Å². The zero-order valence-electron chi connectivity index (χ0n) is 47.0. The topological polar surface area (TPSA) is 50.9 Å². The van der Waals surface area contributed by atoms with Gasteiger partial charge in [-0.3, -0.25) is 9.55 Å². The third-order valence-corrected chi connectivity index (χ3v) is 12.6. The summed E-state index contributed by atoms with van der Waals surface area (Å²) >= 11 is 0.